The van der Waals surface area contributed by atoms with Crippen molar-refractivity contribution in [2.45, 2.75) is 26.2 Å². The summed E-state index contributed by atoms with van der Waals surface area (Å²) in [5.74, 6) is 0.397. The van der Waals surface area contributed by atoms with Crippen LogP contribution in [0.4, 0.5) is 10.5 Å². The number of amides is 3. The van der Waals surface area contributed by atoms with E-state index in [1.54, 1.807) is 0 Å². The second kappa shape index (κ2) is 8.17. The fraction of sp³-hybridized carbons (Fsp3) is 0.500. The van der Waals surface area contributed by atoms with E-state index >= 15 is 0 Å². The van der Waals surface area contributed by atoms with Crippen LogP contribution in [0.25, 0.3) is 0 Å². The lowest BCUT2D eigenvalue weighted by atomic mass is 9.98. The maximum Gasteiger partial charge on any atom is 0.321 e. The van der Waals surface area contributed by atoms with Crippen LogP contribution >= 0.6 is 15.9 Å². The summed E-state index contributed by atoms with van der Waals surface area (Å²) < 4.78 is 0.934. The molecule has 0 spiro atoms. The molecule has 1 aliphatic heterocycles. The van der Waals surface area contributed by atoms with Crippen molar-refractivity contribution in [1.82, 2.24) is 10.2 Å². The minimum absolute atomic E-state index is 0.0655. The van der Waals surface area contributed by atoms with Crippen molar-refractivity contribution in [2.75, 3.05) is 25.0 Å². The molecule has 2 N–H and O–H groups in total. The number of carbonyl (C=O) groups excluding carboxylic acids is 2. The predicted molar refractivity (Wildman–Crippen MR) is 90.8 cm³/mol. The van der Waals surface area contributed by atoms with Crippen LogP contribution in [0.1, 0.15) is 26.2 Å². The second-order valence-electron chi connectivity index (χ2n) is 5.55. The van der Waals surface area contributed by atoms with Gasteiger partial charge in [0.05, 0.1) is 0 Å². The molecule has 0 aliphatic carbocycles. The number of carbonyl (C=O) groups is 2. The van der Waals surface area contributed by atoms with E-state index in [4.69, 9.17) is 0 Å². The van der Waals surface area contributed by atoms with Crippen LogP contribution < -0.4 is 10.6 Å². The smallest absolute Gasteiger partial charge is 0.321 e. The van der Waals surface area contributed by atoms with Gasteiger partial charge < -0.3 is 15.5 Å². The lowest BCUT2D eigenvalue weighted by molar-refractivity contribution is -0.121. The summed E-state index contributed by atoms with van der Waals surface area (Å²) in [4.78, 5) is 25.5. The third-order valence-corrected chi connectivity index (χ3v) is 4.28. The highest BCUT2D eigenvalue weighted by Crippen LogP contribution is 2.19. The highest BCUT2D eigenvalue weighted by atomic mass is 79.9. The number of rotatable bonds is 4. The number of nitrogens with zero attached hydrogens (tertiary/aromatic N) is 1. The van der Waals surface area contributed by atoms with Gasteiger partial charge in [0.1, 0.15) is 0 Å². The van der Waals surface area contributed by atoms with Crippen molar-refractivity contribution in [1.29, 1.82) is 0 Å². The van der Waals surface area contributed by atoms with Crippen LogP contribution in [-0.4, -0.2) is 36.5 Å². The quantitative estimate of drug-likeness (QED) is 0.857. The van der Waals surface area contributed by atoms with Gasteiger partial charge in [-0.05, 0) is 37.0 Å². The maximum atomic E-state index is 12.3. The minimum Gasteiger partial charge on any atom is -0.356 e. The molecule has 0 radical (unpaired) electrons. The Labute approximate surface area is 139 Å². The molecule has 1 aromatic carbocycles. The zero-order valence-corrected chi connectivity index (χ0v) is 14.4. The van der Waals surface area contributed by atoms with E-state index in [1.807, 2.05) is 36.1 Å². The van der Waals surface area contributed by atoms with Gasteiger partial charge >= 0.3 is 6.03 Å². The Hall–Kier alpha value is -1.56. The van der Waals surface area contributed by atoms with Crippen LogP contribution in [0.3, 0.4) is 0 Å². The molecule has 5 nitrogen and oxygen atoms in total. The van der Waals surface area contributed by atoms with Crippen molar-refractivity contribution in [3.63, 3.8) is 0 Å². The maximum absolute atomic E-state index is 12.3. The van der Waals surface area contributed by atoms with Gasteiger partial charge in [-0.2, -0.15) is 0 Å². The van der Waals surface area contributed by atoms with Crippen LogP contribution in [-0.2, 0) is 4.79 Å². The first-order chi connectivity index (χ1) is 10.6. The van der Waals surface area contributed by atoms with Gasteiger partial charge in [0.25, 0.3) is 0 Å². The van der Waals surface area contributed by atoms with Gasteiger partial charge in [0, 0.05) is 36.2 Å². The molecule has 1 unspecified atom stereocenters. The highest BCUT2D eigenvalue weighted by Gasteiger charge is 2.23. The first-order valence-corrected chi connectivity index (χ1v) is 8.46. The molecule has 0 aromatic heterocycles. The predicted octanol–water partition coefficient (Wildman–Crippen LogP) is 3.22. The molecule has 120 valence electrons. The van der Waals surface area contributed by atoms with Gasteiger partial charge in [-0.25, -0.2) is 4.79 Å². The largest absolute Gasteiger partial charge is 0.356 e. The Morgan fingerprint density at radius 2 is 2.23 bits per heavy atom. The number of likely N-dealkylation sites (tertiary alicyclic amines) is 1. The Kier molecular flexibility index (Phi) is 6.24. The van der Waals surface area contributed by atoms with Gasteiger partial charge in [-0.1, -0.05) is 28.9 Å². The normalized spacial score (nSPS) is 17.9. The fourth-order valence-corrected chi connectivity index (χ4v) is 2.97. The van der Waals surface area contributed by atoms with Gasteiger partial charge in [0.15, 0.2) is 0 Å². The summed E-state index contributed by atoms with van der Waals surface area (Å²) in [6.45, 7) is 3.93. The molecule has 0 saturated carbocycles. The van der Waals surface area contributed by atoms with E-state index in [1.165, 1.54) is 0 Å². The number of urea groups is 1. The second-order valence-corrected chi connectivity index (χ2v) is 6.47. The number of anilines is 1. The Bertz CT molecular complexity index is 536. The standard InChI is InChI=1S/C16H22BrN3O2/c1-2-15(21)18-10-12-5-4-8-20(11-12)16(22)19-14-7-3-6-13(17)9-14/h3,6-7,9,12H,2,4-5,8,10-11H2,1H3,(H,18,21)(H,19,22). The molecule has 1 aliphatic rings. The Morgan fingerprint density at radius 3 is 2.95 bits per heavy atom. The van der Waals surface area contributed by atoms with E-state index in [0.29, 0.717) is 25.4 Å². The molecular weight excluding hydrogens is 346 g/mol. The zero-order valence-electron chi connectivity index (χ0n) is 12.8. The molecule has 1 saturated heterocycles. The van der Waals surface area contributed by atoms with E-state index < -0.39 is 0 Å². The first-order valence-electron chi connectivity index (χ1n) is 7.66. The molecule has 0 bridgehead atoms. The zero-order chi connectivity index (χ0) is 15.9. The van der Waals surface area contributed by atoms with Crippen molar-refractivity contribution < 1.29 is 9.59 Å². The molecule has 2 rings (SSSR count). The highest BCUT2D eigenvalue weighted by molar-refractivity contribution is 9.10. The summed E-state index contributed by atoms with van der Waals surface area (Å²) in [5, 5.41) is 5.83. The Morgan fingerprint density at radius 1 is 1.41 bits per heavy atom. The average molecular weight is 368 g/mol. The number of benzene rings is 1. The van der Waals surface area contributed by atoms with Crippen LogP contribution in [0.15, 0.2) is 28.7 Å². The van der Waals surface area contributed by atoms with Gasteiger partial charge in [-0.15, -0.1) is 0 Å². The topological polar surface area (TPSA) is 61.4 Å². The number of hydrogen-bond acceptors (Lipinski definition) is 2. The third-order valence-electron chi connectivity index (χ3n) is 3.79. The van der Waals surface area contributed by atoms with Crippen molar-refractivity contribution in [3.05, 3.63) is 28.7 Å². The molecule has 3 amide bonds. The van der Waals surface area contributed by atoms with Crippen molar-refractivity contribution in [2.24, 2.45) is 5.92 Å². The number of hydrogen-bond donors (Lipinski definition) is 2. The van der Waals surface area contributed by atoms with Crippen LogP contribution in [0, 0.1) is 5.92 Å². The van der Waals surface area contributed by atoms with E-state index in [9.17, 15) is 9.59 Å². The molecule has 6 heteroatoms. The molecule has 1 aromatic rings. The Balaban J connectivity index is 1.85. The summed E-state index contributed by atoms with van der Waals surface area (Å²) in [5.41, 5.74) is 0.779. The first kappa shape index (κ1) is 16.8. The van der Waals surface area contributed by atoms with E-state index in [0.717, 1.165) is 29.5 Å². The minimum atomic E-state index is -0.0791. The van der Waals surface area contributed by atoms with Crippen LogP contribution in [0.2, 0.25) is 0 Å². The lowest BCUT2D eigenvalue weighted by Gasteiger charge is -2.32. The van der Waals surface area contributed by atoms with Crippen molar-refractivity contribution in [3.8, 4) is 0 Å². The molecule has 1 fully saturated rings. The molecule has 22 heavy (non-hydrogen) atoms. The van der Waals surface area contributed by atoms with Crippen LogP contribution in [0.5, 0.6) is 0 Å². The summed E-state index contributed by atoms with van der Waals surface area (Å²) in [6, 6.07) is 7.47. The molecule has 1 atom stereocenters. The van der Waals surface area contributed by atoms with Gasteiger partial charge in [0.2, 0.25) is 5.91 Å². The summed E-state index contributed by atoms with van der Waals surface area (Å²) in [6.07, 6.45) is 2.52. The summed E-state index contributed by atoms with van der Waals surface area (Å²) in [7, 11) is 0. The fourth-order valence-electron chi connectivity index (χ4n) is 2.57. The molecule has 1 heterocycles. The lowest BCUT2D eigenvalue weighted by Crippen LogP contribution is -2.45. The average Bonchev–Trinajstić information content (AvgIpc) is 2.53. The SMILES string of the molecule is CCC(=O)NCC1CCCN(C(=O)Nc2cccc(Br)c2)C1. The summed E-state index contributed by atoms with van der Waals surface area (Å²) >= 11 is 3.39. The molecular formula is C16H22BrN3O2. The number of nitrogens with one attached hydrogen (secondary N) is 2. The van der Waals surface area contributed by atoms with Gasteiger partial charge in [-0.3, -0.25) is 4.79 Å². The van der Waals surface area contributed by atoms with E-state index in [2.05, 4.69) is 26.6 Å². The third kappa shape index (κ3) is 5.02. The number of piperidine rings is 1. The van der Waals surface area contributed by atoms with Crippen molar-refractivity contribution >= 4 is 33.6 Å². The number of halogens is 1. The van der Waals surface area contributed by atoms with E-state index in [-0.39, 0.29) is 11.9 Å². The monoisotopic (exact) mass is 367 g/mol.